The van der Waals surface area contributed by atoms with Gasteiger partial charge in [0.15, 0.2) is 0 Å². The van der Waals surface area contributed by atoms with E-state index in [1.54, 1.807) is 0 Å². The second-order valence-corrected chi connectivity index (χ2v) is 9.64. The van der Waals surface area contributed by atoms with Gasteiger partial charge in [-0.2, -0.15) is 0 Å². The third-order valence-corrected chi connectivity index (χ3v) is 7.33. The molecule has 0 aromatic heterocycles. The molecule has 30 heavy (non-hydrogen) atoms. The molecule has 1 saturated carbocycles. The van der Waals surface area contributed by atoms with E-state index >= 15 is 0 Å². The zero-order valence-corrected chi connectivity index (χ0v) is 18.6. The van der Waals surface area contributed by atoms with Crippen LogP contribution in [0.25, 0.3) is 0 Å². The first kappa shape index (κ1) is 21.1. The van der Waals surface area contributed by atoms with Crippen LogP contribution < -0.4 is 0 Å². The quantitative estimate of drug-likeness (QED) is 0.630. The van der Waals surface area contributed by atoms with Crippen LogP contribution in [0.15, 0.2) is 35.9 Å². The predicted octanol–water partition coefficient (Wildman–Crippen LogP) is 5.18. The van der Waals surface area contributed by atoms with Gasteiger partial charge in [-0.3, -0.25) is 9.59 Å². The lowest BCUT2D eigenvalue weighted by Gasteiger charge is -2.45. The fourth-order valence-electron chi connectivity index (χ4n) is 5.33. The average Bonchev–Trinajstić information content (AvgIpc) is 2.76. The third kappa shape index (κ3) is 4.63. The SMILES string of the molecule is Cc1ccc([C@H]2C(=O)N(C3CCC(C)CC3)CC(=O)N2CCC2=CCCCC2)cc1. The van der Waals surface area contributed by atoms with Gasteiger partial charge in [0, 0.05) is 12.6 Å². The van der Waals surface area contributed by atoms with E-state index in [0.29, 0.717) is 6.54 Å². The summed E-state index contributed by atoms with van der Waals surface area (Å²) in [5.41, 5.74) is 3.57. The van der Waals surface area contributed by atoms with Crippen LogP contribution in [0.2, 0.25) is 0 Å². The van der Waals surface area contributed by atoms with Crippen LogP contribution in [0.5, 0.6) is 0 Å². The number of rotatable bonds is 5. The summed E-state index contributed by atoms with van der Waals surface area (Å²) in [7, 11) is 0. The maximum absolute atomic E-state index is 13.7. The van der Waals surface area contributed by atoms with Crippen LogP contribution in [-0.4, -0.2) is 40.7 Å². The predicted molar refractivity (Wildman–Crippen MR) is 120 cm³/mol. The Labute approximate surface area is 181 Å². The van der Waals surface area contributed by atoms with Crippen LogP contribution >= 0.6 is 0 Å². The monoisotopic (exact) mass is 408 g/mol. The Bertz CT molecular complexity index is 790. The summed E-state index contributed by atoms with van der Waals surface area (Å²) in [5, 5.41) is 0. The number of piperazine rings is 1. The van der Waals surface area contributed by atoms with Gasteiger partial charge in [-0.25, -0.2) is 0 Å². The molecule has 4 rings (SSSR count). The summed E-state index contributed by atoms with van der Waals surface area (Å²) in [6, 6.07) is 7.91. The molecule has 2 aliphatic carbocycles. The summed E-state index contributed by atoms with van der Waals surface area (Å²) in [6.07, 6.45) is 12.4. The van der Waals surface area contributed by atoms with Crippen LogP contribution in [0.3, 0.4) is 0 Å². The molecular formula is C26H36N2O2. The number of allylic oxidation sites excluding steroid dienone is 1. The highest BCUT2D eigenvalue weighted by Gasteiger charge is 2.43. The van der Waals surface area contributed by atoms with E-state index in [0.717, 1.165) is 56.4 Å². The number of carbonyl (C=O) groups excluding carboxylic acids is 2. The van der Waals surface area contributed by atoms with E-state index in [9.17, 15) is 9.59 Å². The van der Waals surface area contributed by atoms with E-state index in [1.165, 1.54) is 24.0 Å². The molecule has 4 nitrogen and oxygen atoms in total. The van der Waals surface area contributed by atoms with Crippen molar-refractivity contribution in [3.05, 3.63) is 47.0 Å². The molecule has 2 amide bonds. The Kier molecular flexibility index (Phi) is 6.60. The van der Waals surface area contributed by atoms with Crippen molar-refractivity contribution in [3.63, 3.8) is 0 Å². The molecule has 2 fully saturated rings. The Hall–Kier alpha value is -2.10. The fourth-order valence-corrected chi connectivity index (χ4v) is 5.33. The summed E-state index contributed by atoms with van der Waals surface area (Å²) < 4.78 is 0. The summed E-state index contributed by atoms with van der Waals surface area (Å²) in [6.45, 7) is 5.24. The van der Waals surface area contributed by atoms with Crippen LogP contribution in [0.4, 0.5) is 0 Å². The molecule has 0 bridgehead atoms. The van der Waals surface area contributed by atoms with Gasteiger partial charge in [-0.1, -0.05) is 48.4 Å². The van der Waals surface area contributed by atoms with Gasteiger partial charge in [-0.05, 0) is 76.2 Å². The lowest BCUT2D eigenvalue weighted by Crippen LogP contribution is -2.58. The molecule has 0 unspecified atom stereocenters. The molecule has 162 valence electrons. The van der Waals surface area contributed by atoms with E-state index in [-0.39, 0.29) is 24.4 Å². The molecule has 0 radical (unpaired) electrons. The zero-order chi connectivity index (χ0) is 21.1. The van der Waals surface area contributed by atoms with Gasteiger partial charge in [0.25, 0.3) is 5.91 Å². The highest BCUT2D eigenvalue weighted by atomic mass is 16.2. The van der Waals surface area contributed by atoms with Gasteiger partial charge in [-0.15, -0.1) is 0 Å². The Balaban J connectivity index is 1.57. The number of hydrogen-bond acceptors (Lipinski definition) is 2. The molecule has 1 atom stereocenters. The second kappa shape index (κ2) is 9.36. The van der Waals surface area contributed by atoms with Crippen molar-refractivity contribution < 1.29 is 9.59 Å². The van der Waals surface area contributed by atoms with Crippen molar-refractivity contribution in [3.8, 4) is 0 Å². The lowest BCUT2D eigenvalue weighted by molar-refractivity contribution is -0.159. The summed E-state index contributed by atoms with van der Waals surface area (Å²) in [4.78, 5) is 30.8. The number of hydrogen-bond donors (Lipinski definition) is 0. The van der Waals surface area contributed by atoms with Crippen molar-refractivity contribution in [1.82, 2.24) is 9.80 Å². The van der Waals surface area contributed by atoms with Gasteiger partial charge < -0.3 is 9.80 Å². The van der Waals surface area contributed by atoms with E-state index < -0.39 is 6.04 Å². The van der Waals surface area contributed by atoms with Crippen molar-refractivity contribution in [2.75, 3.05) is 13.1 Å². The van der Waals surface area contributed by atoms with Gasteiger partial charge in [0.2, 0.25) is 5.91 Å². The van der Waals surface area contributed by atoms with Crippen LogP contribution in [0.1, 0.15) is 81.9 Å². The first-order valence-electron chi connectivity index (χ1n) is 11.9. The van der Waals surface area contributed by atoms with Crippen molar-refractivity contribution in [1.29, 1.82) is 0 Å². The number of benzene rings is 1. The Morgan fingerprint density at radius 2 is 1.73 bits per heavy atom. The minimum absolute atomic E-state index is 0.107. The van der Waals surface area contributed by atoms with E-state index in [4.69, 9.17) is 0 Å². The van der Waals surface area contributed by atoms with Crippen LogP contribution in [0, 0.1) is 12.8 Å². The van der Waals surface area contributed by atoms with Crippen molar-refractivity contribution >= 4 is 11.8 Å². The highest BCUT2D eigenvalue weighted by molar-refractivity contribution is 5.95. The fraction of sp³-hybridized carbons (Fsp3) is 0.615. The third-order valence-electron chi connectivity index (χ3n) is 7.33. The molecule has 1 aromatic carbocycles. The number of carbonyl (C=O) groups is 2. The minimum Gasteiger partial charge on any atom is -0.328 e. The molecule has 3 aliphatic rings. The lowest BCUT2D eigenvalue weighted by atomic mass is 9.85. The number of aryl methyl sites for hydroxylation is 1. The number of nitrogens with zero attached hydrogens (tertiary/aromatic N) is 2. The van der Waals surface area contributed by atoms with Crippen LogP contribution in [-0.2, 0) is 9.59 Å². The Morgan fingerprint density at radius 3 is 2.40 bits per heavy atom. The van der Waals surface area contributed by atoms with Gasteiger partial charge in [0.05, 0.1) is 0 Å². The summed E-state index contributed by atoms with van der Waals surface area (Å²) in [5.74, 6) is 0.954. The normalized spacial score (nSPS) is 27.9. The highest BCUT2D eigenvalue weighted by Crippen LogP contribution is 2.34. The molecule has 1 aromatic rings. The summed E-state index contributed by atoms with van der Waals surface area (Å²) >= 11 is 0. The van der Waals surface area contributed by atoms with E-state index in [1.807, 2.05) is 21.9 Å². The van der Waals surface area contributed by atoms with Crippen molar-refractivity contribution in [2.45, 2.75) is 83.7 Å². The second-order valence-electron chi connectivity index (χ2n) is 9.64. The molecule has 1 saturated heterocycles. The maximum Gasteiger partial charge on any atom is 0.250 e. The molecule has 1 aliphatic heterocycles. The standard InChI is InChI=1S/C26H36N2O2/c1-19-8-12-22(13-9-19)25-26(30)28(23-14-10-20(2)11-15-23)18-24(29)27(25)17-16-21-6-4-3-5-7-21/h6,8-9,12-13,20,23,25H,3-5,7,10-11,14-18H2,1-2H3/t20?,23?,25-/m0/s1. The van der Waals surface area contributed by atoms with E-state index in [2.05, 4.69) is 32.1 Å². The van der Waals surface area contributed by atoms with Gasteiger partial charge in [0.1, 0.15) is 12.6 Å². The molecule has 0 N–H and O–H groups in total. The molecular weight excluding hydrogens is 372 g/mol. The minimum atomic E-state index is -0.476. The topological polar surface area (TPSA) is 40.6 Å². The smallest absolute Gasteiger partial charge is 0.250 e. The van der Waals surface area contributed by atoms with Gasteiger partial charge >= 0.3 is 0 Å². The Morgan fingerprint density at radius 1 is 1.00 bits per heavy atom. The largest absolute Gasteiger partial charge is 0.328 e. The zero-order valence-electron chi connectivity index (χ0n) is 18.6. The number of amides is 2. The first-order chi connectivity index (χ1) is 14.5. The maximum atomic E-state index is 13.7. The van der Waals surface area contributed by atoms with Crippen molar-refractivity contribution in [2.24, 2.45) is 5.92 Å². The molecule has 4 heteroatoms. The molecule has 0 spiro atoms. The molecule has 1 heterocycles. The first-order valence-corrected chi connectivity index (χ1v) is 11.9. The average molecular weight is 409 g/mol.